The molecule has 0 aromatic heterocycles. The standard InChI is InChI=1S/C16H23ClN4O2/c1-11-6-13(7-18)10-21(11)15(22)9-20-16(23)19-8-12-2-4-14(17)5-3-12/h2-5,11,13H,6-10,18H2,1H3,(H2,19,20,23). The van der Waals surface area contributed by atoms with Gasteiger partial charge >= 0.3 is 6.03 Å². The molecular weight excluding hydrogens is 316 g/mol. The van der Waals surface area contributed by atoms with Crippen LogP contribution in [0.2, 0.25) is 5.02 Å². The lowest BCUT2D eigenvalue weighted by atomic mass is 10.1. The third-order valence-electron chi connectivity index (χ3n) is 4.08. The molecule has 1 aliphatic rings. The predicted octanol–water partition coefficient (Wildman–Crippen LogP) is 1.33. The number of halogens is 1. The van der Waals surface area contributed by atoms with E-state index in [1.54, 1.807) is 17.0 Å². The Bertz CT molecular complexity index is 550. The number of urea groups is 1. The summed E-state index contributed by atoms with van der Waals surface area (Å²) in [4.78, 5) is 25.7. The quantitative estimate of drug-likeness (QED) is 0.757. The van der Waals surface area contributed by atoms with Crippen molar-refractivity contribution in [3.63, 3.8) is 0 Å². The van der Waals surface area contributed by atoms with Crippen LogP contribution >= 0.6 is 11.6 Å². The minimum absolute atomic E-state index is 0.00587. The first kappa shape index (κ1) is 17.6. The van der Waals surface area contributed by atoms with Gasteiger partial charge in [0.1, 0.15) is 0 Å². The molecule has 1 saturated heterocycles. The Morgan fingerprint density at radius 1 is 1.30 bits per heavy atom. The van der Waals surface area contributed by atoms with Crippen LogP contribution in [0.1, 0.15) is 18.9 Å². The zero-order chi connectivity index (χ0) is 16.8. The number of rotatable bonds is 5. The molecule has 1 fully saturated rings. The monoisotopic (exact) mass is 338 g/mol. The summed E-state index contributed by atoms with van der Waals surface area (Å²) in [5.74, 6) is 0.280. The second kappa shape index (κ2) is 8.17. The van der Waals surface area contributed by atoms with Crippen LogP contribution in [0.25, 0.3) is 0 Å². The van der Waals surface area contributed by atoms with Gasteiger partial charge in [-0.25, -0.2) is 4.79 Å². The SMILES string of the molecule is CC1CC(CN)CN1C(=O)CNC(=O)NCc1ccc(Cl)cc1. The maximum Gasteiger partial charge on any atom is 0.315 e. The van der Waals surface area contributed by atoms with Gasteiger partial charge in [-0.15, -0.1) is 0 Å². The Balaban J connectivity index is 1.71. The summed E-state index contributed by atoms with van der Waals surface area (Å²) in [5.41, 5.74) is 6.60. The summed E-state index contributed by atoms with van der Waals surface area (Å²) in [5, 5.41) is 5.96. The van der Waals surface area contributed by atoms with Crippen LogP contribution < -0.4 is 16.4 Å². The van der Waals surface area contributed by atoms with Crippen LogP contribution in [0.3, 0.4) is 0 Å². The van der Waals surface area contributed by atoms with Crippen molar-refractivity contribution >= 4 is 23.5 Å². The fourth-order valence-corrected chi connectivity index (χ4v) is 2.89. The molecule has 1 aromatic carbocycles. The summed E-state index contributed by atoms with van der Waals surface area (Å²) in [6, 6.07) is 7.02. The van der Waals surface area contributed by atoms with Crippen molar-refractivity contribution in [2.75, 3.05) is 19.6 Å². The van der Waals surface area contributed by atoms with Gasteiger partial charge in [0.2, 0.25) is 5.91 Å². The highest BCUT2D eigenvalue weighted by atomic mass is 35.5. The lowest BCUT2D eigenvalue weighted by Gasteiger charge is -2.21. The normalized spacial score (nSPS) is 20.4. The topological polar surface area (TPSA) is 87.5 Å². The smallest absolute Gasteiger partial charge is 0.315 e. The first-order valence-electron chi connectivity index (χ1n) is 7.75. The van der Waals surface area contributed by atoms with Gasteiger partial charge in [-0.3, -0.25) is 4.79 Å². The lowest BCUT2D eigenvalue weighted by molar-refractivity contribution is -0.130. The minimum atomic E-state index is -0.365. The molecule has 1 aliphatic heterocycles. The van der Waals surface area contributed by atoms with Gasteiger partial charge in [-0.1, -0.05) is 23.7 Å². The molecule has 126 valence electrons. The van der Waals surface area contributed by atoms with Crippen molar-refractivity contribution < 1.29 is 9.59 Å². The Kier molecular flexibility index (Phi) is 6.24. The zero-order valence-corrected chi connectivity index (χ0v) is 14.0. The van der Waals surface area contributed by atoms with E-state index in [2.05, 4.69) is 10.6 Å². The molecule has 4 N–H and O–H groups in total. The Morgan fingerprint density at radius 2 is 2.00 bits per heavy atom. The van der Waals surface area contributed by atoms with E-state index in [0.29, 0.717) is 30.6 Å². The molecule has 2 atom stereocenters. The minimum Gasteiger partial charge on any atom is -0.338 e. The predicted molar refractivity (Wildman–Crippen MR) is 90.0 cm³/mol. The highest BCUT2D eigenvalue weighted by Crippen LogP contribution is 2.21. The Morgan fingerprint density at radius 3 is 2.61 bits per heavy atom. The van der Waals surface area contributed by atoms with Gasteiger partial charge in [0.15, 0.2) is 0 Å². The Hall–Kier alpha value is -1.79. The van der Waals surface area contributed by atoms with Gasteiger partial charge in [0.25, 0.3) is 0 Å². The number of amides is 3. The van der Waals surface area contributed by atoms with Crippen LogP contribution in [0, 0.1) is 5.92 Å². The van der Waals surface area contributed by atoms with E-state index in [9.17, 15) is 9.59 Å². The van der Waals surface area contributed by atoms with Gasteiger partial charge in [-0.05, 0) is 43.5 Å². The number of hydrogen-bond acceptors (Lipinski definition) is 3. The van der Waals surface area contributed by atoms with Crippen LogP contribution in [0.15, 0.2) is 24.3 Å². The number of hydrogen-bond donors (Lipinski definition) is 3. The molecule has 0 radical (unpaired) electrons. The summed E-state index contributed by atoms with van der Waals surface area (Å²) < 4.78 is 0. The average Bonchev–Trinajstić information content (AvgIpc) is 2.93. The second-order valence-corrected chi connectivity index (χ2v) is 6.33. The molecule has 1 aromatic rings. The van der Waals surface area contributed by atoms with Crippen LogP contribution in [0.5, 0.6) is 0 Å². The van der Waals surface area contributed by atoms with Gasteiger partial charge in [-0.2, -0.15) is 0 Å². The number of nitrogens with zero attached hydrogens (tertiary/aromatic N) is 1. The van der Waals surface area contributed by atoms with E-state index >= 15 is 0 Å². The van der Waals surface area contributed by atoms with Gasteiger partial charge < -0.3 is 21.3 Å². The van der Waals surface area contributed by atoms with Crippen LogP contribution in [-0.4, -0.2) is 42.5 Å². The largest absolute Gasteiger partial charge is 0.338 e. The van der Waals surface area contributed by atoms with Gasteiger partial charge in [0, 0.05) is 24.2 Å². The first-order valence-corrected chi connectivity index (χ1v) is 8.13. The average molecular weight is 339 g/mol. The fourth-order valence-electron chi connectivity index (χ4n) is 2.77. The summed E-state index contributed by atoms with van der Waals surface area (Å²) in [7, 11) is 0. The number of nitrogens with two attached hydrogens (primary N) is 1. The molecule has 1 heterocycles. The number of nitrogens with one attached hydrogen (secondary N) is 2. The summed E-state index contributed by atoms with van der Waals surface area (Å²) >= 11 is 5.80. The van der Waals surface area contributed by atoms with E-state index in [1.165, 1.54) is 0 Å². The van der Waals surface area contributed by atoms with Crippen molar-refractivity contribution in [2.45, 2.75) is 25.9 Å². The highest BCUT2D eigenvalue weighted by molar-refractivity contribution is 6.30. The third-order valence-corrected chi connectivity index (χ3v) is 4.33. The van der Waals surface area contributed by atoms with Crippen LogP contribution in [0.4, 0.5) is 4.79 Å². The van der Waals surface area contributed by atoms with E-state index in [4.69, 9.17) is 17.3 Å². The molecule has 0 saturated carbocycles. The van der Waals surface area contributed by atoms with Crippen LogP contribution in [-0.2, 0) is 11.3 Å². The van der Waals surface area contributed by atoms with E-state index in [-0.39, 0.29) is 24.5 Å². The number of likely N-dealkylation sites (tertiary alicyclic amines) is 1. The zero-order valence-electron chi connectivity index (χ0n) is 13.2. The molecule has 0 spiro atoms. The number of carbonyl (C=O) groups excluding carboxylic acids is 2. The van der Waals surface area contributed by atoms with Crippen molar-refractivity contribution in [3.05, 3.63) is 34.9 Å². The molecule has 3 amide bonds. The number of carbonyl (C=O) groups is 2. The molecular formula is C16H23ClN4O2. The highest BCUT2D eigenvalue weighted by Gasteiger charge is 2.31. The van der Waals surface area contributed by atoms with Crippen molar-refractivity contribution in [3.8, 4) is 0 Å². The Labute approximate surface area is 141 Å². The van der Waals surface area contributed by atoms with Crippen molar-refractivity contribution in [1.82, 2.24) is 15.5 Å². The van der Waals surface area contributed by atoms with E-state index < -0.39 is 0 Å². The number of benzene rings is 1. The molecule has 2 unspecified atom stereocenters. The third kappa shape index (κ3) is 5.11. The molecule has 0 bridgehead atoms. The molecule has 6 nitrogen and oxygen atoms in total. The fraction of sp³-hybridized carbons (Fsp3) is 0.500. The molecule has 2 rings (SSSR count). The van der Waals surface area contributed by atoms with Gasteiger partial charge in [0.05, 0.1) is 6.54 Å². The maximum atomic E-state index is 12.2. The summed E-state index contributed by atoms with van der Waals surface area (Å²) in [6.07, 6.45) is 0.922. The molecule has 0 aliphatic carbocycles. The first-order chi connectivity index (χ1) is 11.0. The molecule has 23 heavy (non-hydrogen) atoms. The summed E-state index contributed by atoms with van der Waals surface area (Å²) in [6.45, 7) is 3.64. The van der Waals surface area contributed by atoms with E-state index in [0.717, 1.165) is 12.0 Å². The van der Waals surface area contributed by atoms with E-state index in [1.807, 2.05) is 19.1 Å². The van der Waals surface area contributed by atoms with Crippen molar-refractivity contribution in [2.24, 2.45) is 11.7 Å². The van der Waals surface area contributed by atoms with Crippen molar-refractivity contribution in [1.29, 1.82) is 0 Å². The lowest BCUT2D eigenvalue weighted by Crippen LogP contribution is -2.44. The molecule has 7 heteroatoms. The second-order valence-electron chi connectivity index (χ2n) is 5.90. The maximum absolute atomic E-state index is 12.2.